The van der Waals surface area contributed by atoms with Crippen molar-refractivity contribution in [3.8, 4) is 6.07 Å². The second-order valence-electron chi connectivity index (χ2n) is 7.80. The van der Waals surface area contributed by atoms with E-state index in [1.54, 1.807) is 24.3 Å². The number of benzene rings is 3. The third-order valence-corrected chi connectivity index (χ3v) is 6.00. The first-order chi connectivity index (χ1) is 17.4. The molecule has 2 heterocycles. The zero-order valence-corrected chi connectivity index (χ0v) is 19.8. The number of hydrogen-bond donors (Lipinski definition) is 2. The van der Waals surface area contributed by atoms with E-state index >= 15 is 0 Å². The van der Waals surface area contributed by atoms with Crippen molar-refractivity contribution in [1.82, 2.24) is 9.97 Å². The summed E-state index contributed by atoms with van der Waals surface area (Å²) in [5.41, 5.74) is 3.49. The maximum absolute atomic E-state index is 13.7. The molecule has 3 aromatic carbocycles. The number of anilines is 3. The van der Waals surface area contributed by atoms with Crippen LogP contribution in [0.25, 0.3) is 10.9 Å². The molecule has 0 saturated carbocycles. The van der Waals surface area contributed by atoms with Gasteiger partial charge in [-0.2, -0.15) is 5.26 Å². The van der Waals surface area contributed by atoms with E-state index in [1.165, 1.54) is 49.2 Å². The number of aromatic nitrogens is 2. The van der Waals surface area contributed by atoms with Gasteiger partial charge < -0.3 is 15.1 Å². The molecule has 5 aromatic rings. The number of rotatable bonds is 6. The number of fused-ring (bicyclic) bond motifs is 1. The normalized spacial score (nSPS) is 11.8. The molecular formula is C26H15Cl2F2N5O. The third kappa shape index (κ3) is 4.67. The van der Waals surface area contributed by atoms with Gasteiger partial charge in [-0.3, -0.25) is 4.98 Å². The van der Waals surface area contributed by atoms with E-state index in [0.29, 0.717) is 38.7 Å². The topological polar surface area (TPSA) is 86.8 Å². The molecule has 2 N–H and O–H groups in total. The Morgan fingerprint density at radius 1 is 1.00 bits per heavy atom. The lowest BCUT2D eigenvalue weighted by atomic mass is 10.0. The first-order valence-corrected chi connectivity index (χ1v) is 11.3. The first-order valence-electron chi connectivity index (χ1n) is 10.6. The number of nitrogens with zero attached hydrogens (tertiary/aromatic N) is 3. The summed E-state index contributed by atoms with van der Waals surface area (Å²) in [6.45, 7) is 0. The van der Waals surface area contributed by atoms with Gasteiger partial charge in [-0.05, 0) is 48.0 Å². The molecule has 2 aromatic heterocycles. The summed E-state index contributed by atoms with van der Waals surface area (Å²) in [5.74, 6) is -0.926. The molecule has 36 heavy (non-hydrogen) atoms. The minimum absolute atomic E-state index is 0.0630. The largest absolute Gasteiger partial charge is 0.451 e. The summed E-state index contributed by atoms with van der Waals surface area (Å²) < 4.78 is 32.4. The van der Waals surface area contributed by atoms with Crippen LogP contribution in [0, 0.1) is 23.0 Å². The van der Waals surface area contributed by atoms with Crippen LogP contribution in [0.2, 0.25) is 10.0 Å². The van der Waals surface area contributed by atoms with Crippen molar-refractivity contribution in [3.63, 3.8) is 0 Å². The number of halogens is 4. The van der Waals surface area contributed by atoms with Crippen LogP contribution >= 0.6 is 23.2 Å². The molecule has 5 rings (SSSR count). The van der Waals surface area contributed by atoms with E-state index in [0.717, 1.165) is 5.56 Å². The van der Waals surface area contributed by atoms with Crippen molar-refractivity contribution < 1.29 is 13.2 Å². The summed E-state index contributed by atoms with van der Waals surface area (Å²) >= 11 is 12.4. The summed E-state index contributed by atoms with van der Waals surface area (Å²) in [6.07, 6.45) is 4.22. The van der Waals surface area contributed by atoms with Gasteiger partial charge >= 0.3 is 0 Å². The average Bonchev–Trinajstić information content (AvgIpc) is 3.40. The zero-order chi connectivity index (χ0) is 25.2. The van der Waals surface area contributed by atoms with Gasteiger partial charge in [0.2, 0.25) is 0 Å². The van der Waals surface area contributed by atoms with Gasteiger partial charge in [-0.1, -0.05) is 35.3 Å². The Hall–Kier alpha value is -4.19. The highest BCUT2D eigenvalue weighted by Crippen LogP contribution is 2.37. The molecule has 0 spiro atoms. The minimum Gasteiger partial charge on any atom is -0.451 e. The lowest BCUT2D eigenvalue weighted by molar-refractivity contribution is 0.556. The molecular weight excluding hydrogens is 507 g/mol. The number of nitriles is 1. The van der Waals surface area contributed by atoms with Gasteiger partial charge in [-0.25, -0.2) is 13.8 Å². The van der Waals surface area contributed by atoms with Crippen LogP contribution < -0.4 is 10.6 Å². The lowest BCUT2D eigenvalue weighted by Crippen LogP contribution is -2.13. The van der Waals surface area contributed by atoms with E-state index < -0.39 is 11.9 Å². The van der Waals surface area contributed by atoms with Crippen LogP contribution in [-0.4, -0.2) is 9.97 Å². The fraction of sp³-hybridized carbons (Fsp3) is 0.0385. The number of pyridine rings is 1. The first kappa shape index (κ1) is 23.5. The van der Waals surface area contributed by atoms with Gasteiger partial charge in [0.15, 0.2) is 6.39 Å². The Morgan fingerprint density at radius 3 is 2.50 bits per heavy atom. The third-order valence-electron chi connectivity index (χ3n) is 5.50. The molecule has 1 unspecified atom stereocenters. The van der Waals surface area contributed by atoms with Crippen LogP contribution in [0.5, 0.6) is 0 Å². The fourth-order valence-corrected chi connectivity index (χ4v) is 4.22. The van der Waals surface area contributed by atoms with Gasteiger partial charge in [0.05, 0.1) is 33.5 Å². The molecule has 0 amide bonds. The molecule has 0 fully saturated rings. The molecule has 0 bridgehead atoms. The van der Waals surface area contributed by atoms with Crippen LogP contribution in [-0.2, 0) is 0 Å². The molecule has 0 aliphatic heterocycles. The van der Waals surface area contributed by atoms with Crippen LogP contribution in [0.15, 0.2) is 77.9 Å². The quantitative estimate of drug-likeness (QED) is 0.239. The van der Waals surface area contributed by atoms with Crippen LogP contribution in [0.4, 0.5) is 25.8 Å². The Labute approximate surface area is 214 Å². The molecule has 0 radical (unpaired) electrons. The smallest absolute Gasteiger partial charge is 0.180 e. The van der Waals surface area contributed by atoms with E-state index in [1.807, 2.05) is 0 Å². The van der Waals surface area contributed by atoms with Crippen molar-refractivity contribution in [3.05, 3.63) is 112 Å². The Morgan fingerprint density at radius 2 is 1.81 bits per heavy atom. The Kier molecular flexibility index (Phi) is 6.42. The molecule has 0 aliphatic rings. The summed E-state index contributed by atoms with van der Waals surface area (Å²) in [4.78, 5) is 8.75. The summed E-state index contributed by atoms with van der Waals surface area (Å²) in [5, 5.41) is 17.1. The van der Waals surface area contributed by atoms with E-state index in [9.17, 15) is 14.0 Å². The van der Waals surface area contributed by atoms with Crippen LogP contribution in [0.1, 0.15) is 22.9 Å². The van der Waals surface area contributed by atoms with Crippen molar-refractivity contribution in [2.75, 3.05) is 10.6 Å². The maximum atomic E-state index is 13.7. The van der Waals surface area contributed by atoms with Crippen molar-refractivity contribution in [2.45, 2.75) is 6.04 Å². The Bertz CT molecular complexity index is 1600. The monoisotopic (exact) mass is 521 g/mol. The van der Waals surface area contributed by atoms with Gasteiger partial charge in [-0.15, -0.1) is 0 Å². The lowest BCUT2D eigenvalue weighted by Gasteiger charge is -2.21. The summed E-state index contributed by atoms with van der Waals surface area (Å²) in [7, 11) is 0. The average molecular weight is 522 g/mol. The Balaban J connectivity index is 1.63. The highest BCUT2D eigenvalue weighted by molar-refractivity contribution is 6.32. The number of oxazole rings is 1. The standard InChI is InChI=1S/C26H15Cl2F2N5O/c27-16-7-19-24(34-18-5-6-21(30)20(28)9-18)15(10-31)11-32-26(19)22(8-16)35-25(23-12-36-13-33-23)14-1-3-17(29)4-2-14/h1-9,11-13,25,35H,(H,32,34). The fourth-order valence-electron chi connectivity index (χ4n) is 3.82. The SMILES string of the molecule is N#Cc1cnc2c(NC(c3ccc(F)cc3)c3cocn3)cc(Cl)cc2c1Nc1ccc(F)c(Cl)c1. The second-order valence-corrected chi connectivity index (χ2v) is 8.65. The van der Waals surface area contributed by atoms with Gasteiger partial charge in [0, 0.05) is 22.3 Å². The van der Waals surface area contributed by atoms with E-state index in [4.69, 9.17) is 27.6 Å². The van der Waals surface area contributed by atoms with E-state index in [2.05, 4.69) is 26.7 Å². The van der Waals surface area contributed by atoms with Crippen molar-refractivity contribution in [1.29, 1.82) is 5.26 Å². The highest BCUT2D eigenvalue weighted by Gasteiger charge is 2.21. The number of hydrogen-bond acceptors (Lipinski definition) is 6. The van der Waals surface area contributed by atoms with Crippen molar-refractivity contribution in [2.24, 2.45) is 0 Å². The predicted octanol–water partition coefficient (Wildman–Crippen LogP) is 7.62. The zero-order valence-electron chi connectivity index (χ0n) is 18.3. The molecule has 6 nitrogen and oxygen atoms in total. The molecule has 0 saturated heterocycles. The molecule has 178 valence electrons. The van der Waals surface area contributed by atoms with Crippen LogP contribution in [0.3, 0.4) is 0 Å². The van der Waals surface area contributed by atoms with E-state index in [-0.39, 0.29) is 16.4 Å². The maximum Gasteiger partial charge on any atom is 0.180 e. The molecule has 10 heteroatoms. The van der Waals surface area contributed by atoms with Crippen molar-refractivity contribution >= 4 is 51.2 Å². The number of nitrogens with one attached hydrogen (secondary N) is 2. The second kappa shape index (κ2) is 9.82. The highest BCUT2D eigenvalue weighted by atomic mass is 35.5. The summed E-state index contributed by atoms with van der Waals surface area (Å²) in [6, 6.07) is 15.1. The van der Waals surface area contributed by atoms with Gasteiger partial charge in [0.25, 0.3) is 0 Å². The van der Waals surface area contributed by atoms with Gasteiger partial charge in [0.1, 0.15) is 29.7 Å². The molecule has 1 atom stereocenters. The molecule has 0 aliphatic carbocycles. The minimum atomic E-state index is -0.559. The predicted molar refractivity (Wildman–Crippen MR) is 135 cm³/mol.